The molecule has 0 unspecified atom stereocenters. The molecule has 0 aliphatic carbocycles. The number of hydrogen-bond donors (Lipinski definition) is 2. The average Bonchev–Trinajstić information content (AvgIpc) is 2.79. The van der Waals surface area contributed by atoms with Crippen LogP contribution >= 0.6 is 0 Å². The zero-order valence-corrected chi connectivity index (χ0v) is 9.32. The number of methoxy groups -OCH3 is 1. The Balaban J connectivity index is 2.11. The third-order valence-electron chi connectivity index (χ3n) is 2.26. The van der Waals surface area contributed by atoms with E-state index in [2.05, 4.69) is 20.5 Å². The van der Waals surface area contributed by atoms with Gasteiger partial charge in [-0.2, -0.15) is 5.10 Å². The van der Waals surface area contributed by atoms with Gasteiger partial charge in [0.15, 0.2) is 5.75 Å². The van der Waals surface area contributed by atoms with Gasteiger partial charge in [0, 0.05) is 24.0 Å². The highest BCUT2D eigenvalue weighted by atomic mass is 16.5. The zero-order chi connectivity index (χ0) is 11.4. The fraction of sp³-hybridized carbons (Fsp3) is 0.273. The van der Waals surface area contributed by atoms with Gasteiger partial charge in [0.2, 0.25) is 0 Å². The Hall–Kier alpha value is -2.04. The molecule has 0 fully saturated rings. The highest BCUT2D eigenvalue weighted by Crippen LogP contribution is 2.23. The predicted molar refractivity (Wildman–Crippen MR) is 61.4 cm³/mol. The van der Waals surface area contributed by atoms with E-state index < -0.39 is 0 Å². The number of ether oxygens (including phenoxy) is 1. The van der Waals surface area contributed by atoms with Crippen molar-refractivity contribution in [3.63, 3.8) is 0 Å². The first-order valence-corrected chi connectivity index (χ1v) is 5.02. The van der Waals surface area contributed by atoms with Gasteiger partial charge in [0.1, 0.15) is 0 Å². The second-order valence-corrected chi connectivity index (χ2v) is 3.49. The van der Waals surface area contributed by atoms with E-state index in [0.29, 0.717) is 6.54 Å². The standard InChI is InChI=1S/C11H14N4O/c1-8-3-10(11(16-2)7-12-8)13-4-9-5-14-15-6-9/h3,5-7H,4H2,1-2H3,(H,12,13)(H,14,15). The molecule has 2 aromatic rings. The highest BCUT2D eigenvalue weighted by Gasteiger charge is 2.03. The first-order valence-electron chi connectivity index (χ1n) is 5.02. The molecule has 0 radical (unpaired) electrons. The third kappa shape index (κ3) is 2.31. The third-order valence-corrected chi connectivity index (χ3v) is 2.26. The van der Waals surface area contributed by atoms with Crippen LogP contribution in [0.25, 0.3) is 0 Å². The van der Waals surface area contributed by atoms with Crippen LogP contribution in [0.15, 0.2) is 24.7 Å². The van der Waals surface area contributed by atoms with E-state index in [-0.39, 0.29) is 0 Å². The summed E-state index contributed by atoms with van der Waals surface area (Å²) in [5.41, 5.74) is 2.99. The summed E-state index contributed by atoms with van der Waals surface area (Å²) >= 11 is 0. The number of H-pyrrole nitrogens is 1. The van der Waals surface area contributed by atoms with Gasteiger partial charge in [-0.15, -0.1) is 0 Å². The van der Waals surface area contributed by atoms with E-state index in [0.717, 1.165) is 22.7 Å². The molecule has 2 aromatic heterocycles. The van der Waals surface area contributed by atoms with Crippen LogP contribution in [-0.2, 0) is 6.54 Å². The normalized spacial score (nSPS) is 10.1. The van der Waals surface area contributed by atoms with Crippen LogP contribution in [0.5, 0.6) is 5.75 Å². The molecule has 2 rings (SSSR count). The van der Waals surface area contributed by atoms with Gasteiger partial charge in [-0.25, -0.2) is 0 Å². The summed E-state index contributed by atoms with van der Waals surface area (Å²) in [4.78, 5) is 4.17. The highest BCUT2D eigenvalue weighted by molar-refractivity contribution is 5.56. The number of anilines is 1. The van der Waals surface area contributed by atoms with Crippen LogP contribution in [0, 0.1) is 6.92 Å². The largest absolute Gasteiger partial charge is 0.493 e. The van der Waals surface area contributed by atoms with Gasteiger partial charge >= 0.3 is 0 Å². The fourth-order valence-corrected chi connectivity index (χ4v) is 1.42. The number of rotatable bonds is 4. The second kappa shape index (κ2) is 4.65. The fourth-order valence-electron chi connectivity index (χ4n) is 1.42. The van der Waals surface area contributed by atoms with E-state index in [1.165, 1.54) is 0 Å². The van der Waals surface area contributed by atoms with E-state index in [4.69, 9.17) is 4.74 Å². The summed E-state index contributed by atoms with van der Waals surface area (Å²) in [5, 5.41) is 9.94. The maximum absolute atomic E-state index is 5.22. The lowest BCUT2D eigenvalue weighted by Gasteiger charge is -2.10. The topological polar surface area (TPSA) is 62.8 Å². The Morgan fingerprint density at radius 2 is 2.31 bits per heavy atom. The molecule has 0 saturated heterocycles. The van der Waals surface area contributed by atoms with Gasteiger partial charge in [-0.3, -0.25) is 10.1 Å². The average molecular weight is 218 g/mol. The Bertz CT molecular complexity index is 453. The molecule has 0 amide bonds. The summed E-state index contributed by atoms with van der Waals surface area (Å²) in [7, 11) is 1.63. The van der Waals surface area contributed by atoms with E-state index in [1.54, 1.807) is 19.5 Å². The first kappa shape index (κ1) is 10.5. The van der Waals surface area contributed by atoms with Crippen molar-refractivity contribution < 1.29 is 4.74 Å². The predicted octanol–water partition coefficient (Wildman–Crippen LogP) is 1.73. The van der Waals surface area contributed by atoms with E-state index in [1.807, 2.05) is 19.2 Å². The Kier molecular flexibility index (Phi) is 3.05. The van der Waals surface area contributed by atoms with Gasteiger partial charge in [0.05, 0.1) is 25.2 Å². The number of pyridine rings is 1. The molecule has 0 spiro atoms. The zero-order valence-electron chi connectivity index (χ0n) is 9.32. The maximum Gasteiger partial charge on any atom is 0.160 e. The summed E-state index contributed by atoms with van der Waals surface area (Å²) in [6.07, 6.45) is 5.36. The summed E-state index contributed by atoms with van der Waals surface area (Å²) in [5.74, 6) is 0.745. The minimum atomic E-state index is 0.705. The molecule has 2 N–H and O–H groups in total. The Morgan fingerprint density at radius 1 is 1.44 bits per heavy atom. The first-order chi connectivity index (χ1) is 7.79. The second-order valence-electron chi connectivity index (χ2n) is 3.49. The van der Waals surface area contributed by atoms with Crippen molar-refractivity contribution in [1.29, 1.82) is 0 Å². The van der Waals surface area contributed by atoms with Gasteiger partial charge in [-0.1, -0.05) is 0 Å². The molecular weight excluding hydrogens is 204 g/mol. The molecule has 0 aromatic carbocycles. The minimum Gasteiger partial charge on any atom is -0.493 e. The molecule has 84 valence electrons. The smallest absolute Gasteiger partial charge is 0.160 e. The van der Waals surface area contributed by atoms with Crippen LogP contribution in [-0.4, -0.2) is 22.3 Å². The molecular formula is C11H14N4O. The van der Waals surface area contributed by atoms with Crippen molar-refractivity contribution in [3.05, 3.63) is 35.9 Å². The lowest BCUT2D eigenvalue weighted by molar-refractivity contribution is 0.414. The SMILES string of the molecule is COc1cnc(C)cc1NCc1cn[nH]c1. The summed E-state index contributed by atoms with van der Waals surface area (Å²) < 4.78 is 5.22. The minimum absolute atomic E-state index is 0.705. The van der Waals surface area contributed by atoms with Crippen molar-refractivity contribution in [2.45, 2.75) is 13.5 Å². The Labute approximate surface area is 93.9 Å². The van der Waals surface area contributed by atoms with E-state index in [9.17, 15) is 0 Å². The number of nitrogens with zero attached hydrogens (tertiary/aromatic N) is 2. The molecule has 0 atom stereocenters. The van der Waals surface area contributed by atoms with Crippen LogP contribution < -0.4 is 10.1 Å². The van der Waals surface area contributed by atoms with Crippen LogP contribution in [0.1, 0.15) is 11.3 Å². The molecule has 0 bridgehead atoms. The van der Waals surface area contributed by atoms with Crippen molar-refractivity contribution >= 4 is 5.69 Å². The summed E-state index contributed by atoms with van der Waals surface area (Å²) in [6, 6.07) is 1.96. The number of aromatic amines is 1. The van der Waals surface area contributed by atoms with E-state index >= 15 is 0 Å². The van der Waals surface area contributed by atoms with Crippen LogP contribution in [0.3, 0.4) is 0 Å². The van der Waals surface area contributed by atoms with Crippen molar-refractivity contribution in [2.75, 3.05) is 12.4 Å². The lowest BCUT2D eigenvalue weighted by atomic mass is 10.3. The Morgan fingerprint density at radius 3 is 3.00 bits per heavy atom. The molecule has 2 heterocycles. The summed E-state index contributed by atoms with van der Waals surface area (Å²) in [6.45, 7) is 2.65. The molecule has 0 saturated carbocycles. The lowest BCUT2D eigenvalue weighted by Crippen LogP contribution is -2.01. The molecule has 5 heteroatoms. The number of aryl methyl sites for hydroxylation is 1. The monoisotopic (exact) mass is 218 g/mol. The van der Waals surface area contributed by atoms with Crippen molar-refractivity contribution in [1.82, 2.24) is 15.2 Å². The molecule has 0 aliphatic heterocycles. The maximum atomic E-state index is 5.22. The number of aromatic nitrogens is 3. The van der Waals surface area contributed by atoms with Crippen molar-refractivity contribution in [3.8, 4) is 5.75 Å². The van der Waals surface area contributed by atoms with Gasteiger partial charge in [0.25, 0.3) is 0 Å². The number of nitrogens with one attached hydrogen (secondary N) is 2. The van der Waals surface area contributed by atoms with Gasteiger partial charge in [-0.05, 0) is 13.0 Å². The molecule has 5 nitrogen and oxygen atoms in total. The number of hydrogen-bond acceptors (Lipinski definition) is 4. The van der Waals surface area contributed by atoms with Gasteiger partial charge < -0.3 is 10.1 Å². The quantitative estimate of drug-likeness (QED) is 0.820. The van der Waals surface area contributed by atoms with Crippen molar-refractivity contribution in [2.24, 2.45) is 0 Å². The molecule has 16 heavy (non-hydrogen) atoms. The van der Waals surface area contributed by atoms with Crippen LogP contribution in [0.4, 0.5) is 5.69 Å². The van der Waals surface area contributed by atoms with Crippen LogP contribution in [0.2, 0.25) is 0 Å². The molecule has 0 aliphatic rings.